The van der Waals surface area contributed by atoms with Crippen LogP contribution in [0.15, 0.2) is 36.4 Å². The van der Waals surface area contributed by atoms with E-state index < -0.39 is 12.3 Å². The van der Waals surface area contributed by atoms with E-state index in [4.69, 9.17) is 0 Å². The van der Waals surface area contributed by atoms with Crippen LogP contribution in [0.2, 0.25) is 0 Å². The molecule has 3 fully saturated rings. The molecule has 2 atom stereocenters. The van der Waals surface area contributed by atoms with E-state index >= 15 is 0 Å². The van der Waals surface area contributed by atoms with Crippen LogP contribution in [0.5, 0.6) is 0 Å². The molecule has 0 spiro atoms. The van der Waals surface area contributed by atoms with Crippen molar-refractivity contribution in [2.75, 3.05) is 18.4 Å². The monoisotopic (exact) mass is 419 g/mol. The largest absolute Gasteiger partial charge is 0.347 e. The quantitative estimate of drug-likeness (QED) is 0.774. The summed E-state index contributed by atoms with van der Waals surface area (Å²) in [5.41, 5.74) is 0.916. The summed E-state index contributed by atoms with van der Waals surface area (Å²) in [4.78, 5) is 28.0. The van der Waals surface area contributed by atoms with E-state index in [9.17, 15) is 18.4 Å². The molecule has 1 aromatic carbocycles. The highest BCUT2D eigenvalue weighted by molar-refractivity contribution is 7.17. The fourth-order valence-electron chi connectivity index (χ4n) is 4.37. The molecule has 0 radical (unpaired) electrons. The van der Waals surface area contributed by atoms with Crippen molar-refractivity contribution in [1.82, 2.24) is 10.2 Å². The molecule has 0 saturated carbocycles. The summed E-state index contributed by atoms with van der Waals surface area (Å²) in [6.45, 7) is 4.36. The number of halogens is 2. The molecule has 0 unspecified atom stereocenters. The molecule has 2 N–H and O–H groups in total. The second-order valence-electron chi connectivity index (χ2n) is 7.61. The van der Waals surface area contributed by atoms with Crippen LogP contribution in [0.4, 0.5) is 14.5 Å². The number of fused-ring (bicyclic) bond motifs is 3. The van der Waals surface area contributed by atoms with Gasteiger partial charge < -0.3 is 10.6 Å². The molecular formula is C21H23F2N3O2S. The molecule has 4 heterocycles. The Kier molecular flexibility index (Phi) is 5.65. The number of rotatable bonds is 5. The summed E-state index contributed by atoms with van der Waals surface area (Å²) in [6.07, 6.45) is -0.860. The number of para-hydroxylation sites is 1. The first-order chi connectivity index (χ1) is 13.9. The van der Waals surface area contributed by atoms with Crippen LogP contribution in [-0.2, 0) is 4.79 Å². The van der Waals surface area contributed by atoms with Crippen molar-refractivity contribution < 1.29 is 18.4 Å². The third kappa shape index (κ3) is 4.04. The predicted molar refractivity (Wildman–Crippen MR) is 109 cm³/mol. The molecule has 3 saturated heterocycles. The maximum atomic E-state index is 12.8. The second-order valence-corrected chi connectivity index (χ2v) is 8.70. The van der Waals surface area contributed by atoms with Gasteiger partial charge in [-0.3, -0.25) is 14.5 Å². The van der Waals surface area contributed by atoms with E-state index in [2.05, 4.69) is 22.5 Å². The summed E-state index contributed by atoms with van der Waals surface area (Å²) in [5, 5.41) is 5.45. The molecule has 2 bridgehead atoms. The first-order valence-corrected chi connectivity index (χ1v) is 10.6. The number of hydrogen-bond acceptors (Lipinski definition) is 4. The van der Waals surface area contributed by atoms with Crippen molar-refractivity contribution in [1.29, 1.82) is 0 Å². The molecule has 0 aliphatic carbocycles. The van der Waals surface area contributed by atoms with Gasteiger partial charge >= 0.3 is 6.43 Å². The fraction of sp³-hybridized carbons (Fsp3) is 0.429. The Balaban J connectivity index is 1.50. The molecule has 5 rings (SSSR count). The van der Waals surface area contributed by atoms with Crippen LogP contribution in [0.25, 0.3) is 10.4 Å². The molecule has 2 amide bonds. The summed E-state index contributed by atoms with van der Waals surface area (Å²) in [7, 11) is 0. The Labute approximate surface area is 172 Å². The van der Waals surface area contributed by atoms with Crippen LogP contribution in [0.1, 0.15) is 29.4 Å². The van der Waals surface area contributed by atoms with Crippen molar-refractivity contribution in [3.63, 3.8) is 0 Å². The fourth-order valence-corrected chi connectivity index (χ4v) is 5.32. The van der Waals surface area contributed by atoms with Crippen LogP contribution < -0.4 is 10.6 Å². The standard InChI is InChI=1S/C21H23F2N3O2S/c1-12-18(13-8-10-26(12)11-9-13)25-20(27)17-7-6-16(29-17)14-4-2-3-5-15(14)24-21(28)19(22)23/h2-7,12-13,18-19H,8-11H2,1H3,(H,24,28)(H,25,27)/t12-,18-/m0/s1. The van der Waals surface area contributed by atoms with E-state index in [1.807, 2.05) is 0 Å². The lowest BCUT2D eigenvalue weighted by molar-refractivity contribution is -0.126. The average Bonchev–Trinajstić information content (AvgIpc) is 3.21. The molecular weight excluding hydrogens is 396 g/mol. The van der Waals surface area contributed by atoms with Gasteiger partial charge in [0, 0.05) is 28.2 Å². The number of piperidine rings is 3. The third-order valence-electron chi connectivity index (χ3n) is 5.95. The van der Waals surface area contributed by atoms with Gasteiger partial charge in [-0.05, 0) is 57.0 Å². The molecule has 3 aliphatic heterocycles. The Morgan fingerprint density at radius 1 is 1.14 bits per heavy atom. The van der Waals surface area contributed by atoms with E-state index in [1.54, 1.807) is 36.4 Å². The Morgan fingerprint density at radius 3 is 2.55 bits per heavy atom. The normalized spacial score (nSPS) is 25.8. The van der Waals surface area contributed by atoms with Crippen molar-refractivity contribution in [2.45, 2.75) is 38.3 Å². The zero-order valence-electron chi connectivity index (χ0n) is 16.0. The van der Waals surface area contributed by atoms with E-state index in [0.717, 1.165) is 30.8 Å². The molecule has 29 heavy (non-hydrogen) atoms. The molecule has 2 aromatic rings. The first-order valence-electron chi connectivity index (χ1n) is 9.77. The van der Waals surface area contributed by atoms with Crippen molar-refractivity contribution in [3.8, 4) is 10.4 Å². The van der Waals surface area contributed by atoms with Gasteiger partial charge in [0.05, 0.1) is 4.88 Å². The van der Waals surface area contributed by atoms with Crippen molar-refractivity contribution in [2.24, 2.45) is 5.92 Å². The lowest BCUT2D eigenvalue weighted by atomic mass is 9.79. The minimum absolute atomic E-state index is 0.110. The SMILES string of the molecule is C[C@H]1[C@H](NC(=O)c2ccc(-c3ccccc3NC(=O)C(F)F)s2)C2CCN1CC2. The maximum absolute atomic E-state index is 12.8. The summed E-state index contributed by atoms with van der Waals surface area (Å²) < 4.78 is 25.2. The van der Waals surface area contributed by atoms with Gasteiger partial charge in [-0.1, -0.05) is 18.2 Å². The van der Waals surface area contributed by atoms with E-state index in [-0.39, 0.29) is 11.9 Å². The van der Waals surface area contributed by atoms with Gasteiger partial charge in [-0.15, -0.1) is 11.3 Å². The highest BCUT2D eigenvalue weighted by atomic mass is 32.1. The lowest BCUT2D eigenvalue weighted by Gasteiger charge is -2.49. The topological polar surface area (TPSA) is 61.4 Å². The predicted octanol–water partition coefficient (Wildman–Crippen LogP) is 3.83. The Hall–Kier alpha value is -2.32. The van der Waals surface area contributed by atoms with Gasteiger partial charge in [-0.2, -0.15) is 8.78 Å². The van der Waals surface area contributed by atoms with Crippen LogP contribution in [0, 0.1) is 5.92 Å². The number of nitrogens with zero attached hydrogens (tertiary/aromatic N) is 1. The second kappa shape index (κ2) is 8.20. The number of carbonyl (C=O) groups excluding carboxylic acids is 2. The minimum Gasteiger partial charge on any atom is -0.347 e. The summed E-state index contributed by atoms with van der Waals surface area (Å²) in [5.74, 6) is -0.937. The van der Waals surface area contributed by atoms with Crippen LogP contribution in [0.3, 0.4) is 0 Å². The Bertz CT molecular complexity index is 907. The third-order valence-corrected chi connectivity index (χ3v) is 7.07. The van der Waals surface area contributed by atoms with Gasteiger partial charge in [0.2, 0.25) is 0 Å². The molecule has 5 nitrogen and oxygen atoms in total. The van der Waals surface area contributed by atoms with Crippen LogP contribution >= 0.6 is 11.3 Å². The van der Waals surface area contributed by atoms with Crippen molar-refractivity contribution >= 4 is 28.8 Å². The van der Waals surface area contributed by atoms with E-state index in [0.29, 0.717) is 28.1 Å². The molecule has 1 aromatic heterocycles. The van der Waals surface area contributed by atoms with Gasteiger partial charge in [-0.25, -0.2) is 0 Å². The number of hydrogen-bond donors (Lipinski definition) is 2. The highest BCUT2D eigenvalue weighted by Gasteiger charge is 2.40. The lowest BCUT2D eigenvalue weighted by Crippen LogP contribution is -2.62. The smallest absolute Gasteiger partial charge is 0.315 e. The number of benzene rings is 1. The zero-order chi connectivity index (χ0) is 20.5. The average molecular weight is 419 g/mol. The molecule has 8 heteroatoms. The number of thiophene rings is 1. The maximum Gasteiger partial charge on any atom is 0.315 e. The number of carbonyl (C=O) groups is 2. The number of anilines is 1. The van der Waals surface area contributed by atoms with Gasteiger partial charge in [0.1, 0.15) is 0 Å². The first kappa shape index (κ1) is 20.0. The van der Waals surface area contributed by atoms with E-state index in [1.165, 1.54) is 11.3 Å². The minimum atomic E-state index is -3.09. The summed E-state index contributed by atoms with van der Waals surface area (Å²) in [6, 6.07) is 10.8. The molecule has 3 aliphatic rings. The van der Waals surface area contributed by atoms with Gasteiger partial charge in [0.25, 0.3) is 11.8 Å². The highest BCUT2D eigenvalue weighted by Crippen LogP contribution is 2.35. The zero-order valence-corrected chi connectivity index (χ0v) is 16.8. The number of nitrogens with one attached hydrogen (secondary N) is 2. The summed E-state index contributed by atoms with van der Waals surface area (Å²) >= 11 is 1.29. The van der Waals surface area contributed by atoms with Crippen molar-refractivity contribution in [3.05, 3.63) is 41.3 Å². The number of amides is 2. The number of alkyl halides is 2. The van der Waals surface area contributed by atoms with Crippen LogP contribution in [-0.4, -0.2) is 48.3 Å². The molecule has 154 valence electrons. The van der Waals surface area contributed by atoms with Gasteiger partial charge in [0.15, 0.2) is 0 Å². The Morgan fingerprint density at radius 2 is 1.86 bits per heavy atom.